The van der Waals surface area contributed by atoms with Crippen molar-refractivity contribution in [3.63, 3.8) is 0 Å². The first-order valence-electron chi connectivity index (χ1n) is 8.74. The van der Waals surface area contributed by atoms with Gasteiger partial charge in [0.1, 0.15) is 11.5 Å². The molecule has 0 spiro atoms. The SMILES string of the molecule is Cc1cc(C2(c3cc(C)c(O)c(C)c3)C=CC=CC2C)cc(C)c1O. The summed E-state index contributed by atoms with van der Waals surface area (Å²) in [6, 6.07) is 8.33. The number of benzene rings is 2. The van der Waals surface area contributed by atoms with Crippen LogP contribution in [0.5, 0.6) is 11.5 Å². The molecule has 0 radical (unpaired) electrons. The van der Waals surface area contributed by atoms with E-state index in [0.717, 1.165) is 33.4 Å². The minimum Gasteiger partial charge on any atom is -0.507 e. The molecule has 2 aromatic rings. The molecule has 0 saturated carbocycles. The molecule has 2 aromatic carbocycles. The number of aromatic hydroxyl groups is 2. The van der Waals surface area contributed by atoms with E-state index >= 15 is 0 Å². The summed E-state index contributed by atoms with van der Waals surface area (Å²) in [5.74, 6) is 0.976. The number of allylic oxidation sites excluding steroid dienone is 4. The molecule has 2 nitrogen and oxygen atoms in total. The lowest BCUT2D eigenvalue weighted by atomic mass is 9.64. The van der Waals surface area contributed by atoms with Gasteiger partial charge < -0.3 is 10.2 Å². The van der Waals surface area contributed by atoms with Gasteiger partial charge in [0.25, 0.3) is 0 Å². The standard InChI is InChI=1S/C23H26O2/c1-14-10-19(11-15(2)21(14)24)23(9-7-6-8-18(23)5)20-12-16(3)22(25)17(4)13-20/h6-13,18,24-25H,1-5H3. The molecule has 25 heavy (non-hydrogen) atoms. The van der Waals surface area contributed by atoms with Crippen molar-refractivity contribution in [1.82, 2.24) is 0 Å². The number of rotatable bonds is 2. The zero-order valence-corrected chi connectivity index (χ0v) is 15.6. The molecular formula is C23H26O2. The molecule has 0 bridgehead atoms. The third-order valence-corrected chi connectivity index (χ3v) is 5.53. The number of hydrogen-bond acceptors (Lipinski definition) is 2. The number of aryl methyl sites for hydroxylation is 4. The van der Waals surface area contributed by atoms with E-state index in [2.05, 4.69) is 55.5 Å². The van der Waals surface area contributed by atoms with Crippen molar-refractivity contribution in [3.05, 3.63) is 82.0 Å². The van der Waals surface area contributed by atoms with Crippen molar-refractivity contribution >= 4 is 0 Å². The van der Waals surface area contributed by atoms with Crippen LogP contribution in [0.4, 0.5) is 0 Å². The lowest BCUT2D eigenvalue weighted by Gasteiger charge is -2.39. The van der Waals surface area contributed by atoms with Crippen LogP contribution < -0.4 is 0 Å². The third kappa shape index (κ3) is 2.66. The Bertz CT molecular complexity index is 783. The van der Waals surface area contributed by atoms with Crippen molar-refractivity contribution in [1.29, 1.82) is 0 Å². The highest BCUT2D eigenvalue weighted by molar-refractivity contribution is 5.56. The number of hydrogen-bond donors (Lipinski definition) is 2. The summed E-state index contributed by atoms with van der Waals surface area (Å²) >= 11 is 0. The second kappa shape index (κ2) is 6.11. The van der Waals surface area contributed by atoms with E-state index in [1.165, 1.54) is 0 Å². The molecule has 1 aliphatic carbocycles. The summed E-state index contributed by atoms with van der Waals surface area (Å²) < 4.78 is 0. The highest BCUT2D eigenvalue weighted by Gasteiger charge is 2.38. The van der Waals surface area contributed by atoms with Crippen LogP contribution in [0.2, 0.25) is 0 Å². The predicted molar refractivity (Wildman–Crippen MR) is 103 cm³/mol. The molecule has 2 N–H and O–H groups in total. The fraction of sp³-hybridized carbons (Fsp3) is 0.304. The molecule has 3 rings (SSSR count). The number of phenols is 2. The van der Waals surface area contributed by atoms with Gasteiger partial charge in [-0.3, -0.25) is 0 Å². The van der Waals surface area contributed by atoms with E-state index in [1.54, 1.807) is 0 Å². The summed E-state index contributed by atoms with van der Waals surface area (Å²) in [6.45, 7) is 9.99. The maximum atomic E-state index is 10.2. The second-order valence-corrected chi connectivity index (χ2v) is 7.32. The minimum absolute atomic E-state index is 0.254. The molecule has 2 heteroatoms. The molecule has 1 aliphatic rings. The van der Waals surface area contributed by atoms with Gasteiger partial charge in [-0.15, -0.1) is 0 Å². The van der Waals surface area contributed by atoms with Crippen molar-refractivity contribution < 1.29 is 10.2 Å². The smallest absolute Gasteiger partial charge is 0.121 e. The average molecular weight is 334 g/mol. The molecule has 0 heterocycles. The van der Waals surface area contributed by atoms with Gasteiger partial charge in [0, 0.05) is 5.41 Å². The Labute approximate surface area is 150 Å². The zero-order valence-electron chi connectivity index (χ0n) is 15.6. The van der Waals surface area contributed by atoms with Crippen LogP contribution >= 0.6 is 0 Å². The Morgan fingerprint density at radius 1 is 0.720 bits per heavy atom. The molecule has 0 aromatic heterocycles. The molecule has 1 unspecified atom stereocenters. The normalized spacial score (nSPS) is 18.5. The van der Waals surface area contributed by atoms with Crippen molar-refractivity contribution in [3.8, 4) is 11.5 Å². The maximum absolute atomic E-state index is 10.2. The molecule has 0 fully saturated rings. The van der Waals surface area contributed by atoms with E-state index in [1.807, 2.05) is 27.7 Å². The first-order chi connectivity index (χ1) is 11.8. The monoisotopic (exact) mass is 334 g/mol. The fourth-order valence-corrected chi connectivity index (χ4v) is 4.02. The summed E-state index contributed by atoms with van der Waals surface area (Å²) in [5.41, 5.74) is 5.55. The van der Waals surface area contributed by atoms with Gasteiger partial charge >= 0.3 is 0 Å². The second-order valence-electron chi connectivity index (χ2n) is 7.32. The topological polar surface area (TPSA) is 40.5 Å². The van der Waals surface area contributed by atoms with Gasteiger partial charge in [-0.05, 0) is 67.0 Å². The Morgan fingerprint density at radius 3 is 1.48 bits per heavy atom. The zero-order chi connectivity index (χ0) is 18.4. The predicted octanol–water partition coefficient (Wildman–Crippen LogP) is 5.38. The van der Waals surface area contributed by atoms with Crippen LogP contribution in [-0.2, 0) is 5.41 Å². The Balaban J connectivity index is 2.34. The van der Waals surface area contributed by atoms with Crippen molar-refractivity contribution in [2.24, 2.45) is 5.92 Å². The van der Waals surface area contributed by atoms with Gasteiger partial charge in [0.2, 0.25) is 0 Å². The van der Waals surface area contributed by atoms with Crippen LogP contribution in [0, 0.1) is 33.6 Å². The molecule has 0 amide bonds. The van der Waals surface area contributed by atoms with Crippen LogP contribution in [0.25, 0.3) is 0 Å². The minimum atomic E-state index is -0.318. The lowest BCUT2D eigenvalue weighted by Crippen LogP contribution is -2.34. The summed E-state index contributed by atoms with van der Waals surface area (Å²) in [4.78, 5) is 0. The molecule has 1 atom stereocenters. The Kier molecular flexibility index (Phi) is 4.24. The summed E-state index contributed by atoms with van der Waals surface area (Å²) in [7, 11) is 0. The van der Waals surface area contributed by atoms with Gasteiger partial charge in [-0.25, -0.2) is 0 Å². The van der Waals surface area contributed by atoms with Crippen molar-refractivity contribution in [2.75, 3.05) is 0 Å². The molecule has 0 saturated heterocycles. The van der Waals surface area contributed by atoms with Crippen LogP contribution in [0.3, 0.4) is 0 Å². The molecule has 0 aliphatic heterocycles. The Hall–Kier alpha value is -2.48. The van der Waals surface area contributed by atoms with Crippen LogP contribution in [-0.4, -0.2) is 10.2 Å². The summed E-state index contributed by atoms with van der Waals surface area (Å²) in [6.07, 6.45) is 8.64. The van der Waals surface area contributed by atoms with E-state index in [-0.39, 0.29) is 11.3 Å². The molecular weight excluding hydrogens is 308 g/mol. The van der Waals surface area contributed by atoms with Gasteiger partial charge in [-0.1, -0.05) is 55.5 Å². The first-order valence-corrected chi connectivity index (χ1v) is 8.74. The largest absolute Gasteiger partial charge is 0.507 e. The summed E-state index contributed by atoms with van der Waals surface area (Å²) in [5, 5.41) is 20.4. The highest BCUT2D eigenvalue weighted by atomic mass is 16.3. The van der Waals surface area contributed by atoms with Crippen LogP contribution in [0.1, 0.15) is 40.3 Å². The first kappa shape index (κ1) is 17.3. The van der Waals surface area contributed by atoms with Gasteiger partial charge in [0.05, 0.1) is 0 Å². The fourth-order valence-electron chi connectivity index (χ4n) is 4.02. The molecule has 130 valence electrons. The highest BCUT2D eigenvalue weighted by Crippen LogP contribution is 2.46. The number of phenolic OH excluding ortho intramolecular Hbond substituents is 2. The Morgan fingerprint density at radius 2 is 1.12 bits per heavy atom. The quantitative estimate of drug-likeness (QED) is 0.774. The maximum Gasteiger partial charge on any atom is 0.121 e. The van der Waals surface area contributed by atoms with E-state index in [4.69, 9.17) is 0 Å². The van der Waals surface area contributed by atoms with Gasteiger partial charge in [-0.2, -0.15) is 0 Å². The third-order valence-electron chi connectivity index (χ3n) is 5.53. The van der Waals surface area contributed by atoms with Crippen molar-refractivity contribution in [2.45, 2.75) is 40.0 Å². The van der Waals surface area contributed by atoms with Gasteiger partial charge in [0.15, 0.2) is 0 Å². The lowest BCUT2D eigenvalue weighted by molar-refractivity contribution is 0.458. The van der Waals surface area contributed by atoms with E-state index in [9.17, 15) is 10.2 Å². The van der Waals surface area contributed by atoms with Crippen LogP contribution in [0.15, 0.2) is 48.6 Å². The van der Waals surface area contributed by atoms with E-state index < -0.39 is 0 Å². The average Bonchev–Trinajstić information content (AvgIpc) is 2.57. The van der Waals surface area contributed by atoms with E-state index in [0.29, 0.717) is 11.5 Å².